The van der Waals surface area contributed by atoms with E-state index in [2.05, 4.69) is 16.9 Å². The van der Waals surface area contributed by atoms with Crippen molar-refractivity contribution in [2.45, 2.75) is 38.6 Å². The quantitative estimate of drug-likeness (QED) is 0.803. The molecule has 0 fully saturated rings. The van der Waals surface area contributed by atoms with E-state index in [1.54, 1.807) is 0 Å². The van der Waals surface area contributed by atoms with E-state index in [9.17, 15) is 8.42 Å². The van der Waals surface area contributed by atoms with Gasteiger partial charge in [0.1, 0.15) is 0 Å². The predicted molar refractivity (Wildman–Crippen MR) is 109 cm³/mol. The lowest BCUT2D eigenvalue weighted by atomic mass is 9.89. The molecule has 1 atom stereocenters. The summed E-state index contributed by atoms with van der Waals surface area (Å²) in [6.07, 6.45) is 5.55. The highest BCUT2D eigenvalue weighted by atomic mass is 32.2. The molecule has 0 heterocycles. The zero-order chi connectivity index (χ0) is 19.3. The summed E-state index contributed by atoms with van der Waals surface area (Å²) in [6.45, 7) is 1.87. The average Bonchev–Trinajstić information content (AvgIpc) is 2.68. The number of sulfonamides is 1. The Hall–Kier alpha value is -2.42. The lowest BCUT2D eigenvalue weighted by molar-refractivity contribution is 0.553. The van der Waals surface area contributed by atoms with E-state index in [0.717, 1.165) is 41.5 Å². The van der Waals surface area contributed by atoms with Crippen LogP contribution in [0.3, 0.4) is 0 Å². The second-order valence-electron chi connectivity index (χ2n) is 6.85. The maximum atomic E-state index is 12.2. The summed E-state index contributed by atoms with van der Waals surface area (Å²) in [5.41, 5.74) is 4.88. The molecule has 0 aromatic heterocycles. The Morgan fingerprint density at radius 1 is 1.04 bits per heavy atom. The van der Waals surface area contributed by atoms with Crippen molar-refractivity contribution in [3.05, 3.63) is 65.7 Å². The van der Waals surface area contributed by atoms with E-state index in [0.29, 0.717) is 12.0 Å². The number of benzene rings is 2. The number of nitrogens with zero attached hydrogens (tertiary/aromatic N) is 1. The first-order valence-corrected chi connectivity index (χ1v) is 11.0. The third kappa shape index (κ3) is 4.85. The molecule has 0 bridgehead atoms. The minimum absolute atomic E-state index is 0.156. The van der Waals surface area contributed by atoms with Gasteiger partial charge in [0.2, 0.25) is 10.0 Å². The van der Waals surface area contributed by atoms with Gasteiger partial charge in [-0.15, -0.1) is 0 Å². The number of nitrogens with one attached hydrogen (secondary N) is 1. The summed E-state index contributed by atoms with van der Waals surface area (Å²) in [7, 11) is -3.25. The van der Waals surface area contributed by atoms with Gasteiger partial charge in [-0.05, 0) is 60.1 Å². The third-order valence-corrected chi connectivity index (χ3v) is 6.39. The van der Waals surface area contributed by atoms with Crippen molar-refractivity contribution < 1.29 is 8.42 Å². The molecule has 140 valence electrons. The predicted octanol–water partition coefficient (Wildman–Crippen LogP) is 4.49. The number of rotatable bonds is 6. The van der Waals surface area contributed by atoms with Gasteiger partial charge in [-0.25, -0.2) is 13.1 Å². The van der Waals surface area contributed by atoms with Crippen LogP contribution >= 0.6 is 0 Å². The zero-order valence-electron chi connectivity index (χ0n) is 15.5. The first-order chi connectivity index (χ1) is 13.0. The van der Waals surface area contributed by atoms with E-state index in [1.165, 1.54) is 0 Å². The Bertz CT molecular complexity index is 953. The van der Waals surface area contributed by atoms with Crippen LogP contribution in [0.1, 0.15) is 43.7 Å². The summed E-state index contributed by atoms with van der Waals surface area (Å²) in [4.78, 5) is 0. The van der Waals surface area contributed by atoms with Crippen LogP contribution in [0.15, 0.2) is 54.6 Å². The molecule has 0 saturated carbocycles. The topological polar surface area (TPSA) is 70.0 Å². The molecule has 2 aromatic carbocycles. The number of nitriles is 1. The monoisotopic (exact) mass is 380 g/mol. The molecule has 5 heteroatoms. The second kappa shape index (κ2) is 8.51. The van der Waals surface area contributed by atoms with E-state index < -0.39 is 10.0 Å². The fourth-order valence-electron chi connectivity index (χ4n) is 3.46. The van der Waals surface area contributed by atoms with Crippen LogP contribution in [0.4, 0.5) is 0 Å². The standard InChI is InChI=1S/C22H24N2O2S/c1-2-15-27(25,26)24-22-6-4-3-5-21(22)20-13-11-19(12-14-20)18-9-7-17(16-23)8-10-18/h5,7-14,22,24H,2-4,6,15H2,1H3. The minimum atomic E-state index is -3.25. The van der Waals surface area contributed by atoms with Gasteiger partial charge >= 0.3 is 0 Å². The van der Waals surface area contributed by atoms with Gasteiger partial charge in [0.05, 0.1) is 17.4 Å². The second-order valence-corrected chi connectivity index (χ2v) is 8.72. The molecule has 4 nitrogen and oxygen atoms in total. The van der Waals surface area contributed by atoms with Crippen molar-refractivity contribution in [1.29, 1.82) is 5.26 Å². The van der Waals surface area contributed by atoms with Gasteiger partial charge in [0.25, 0.3) is 0 Å². The average molecular weight is 381 g/mol. The van der Waals surface area contributed by atoms with Gasteiger partial charge in [0.15, 0.2) is 0 Å². The van der Waals surface area contributed by atoms with E-state index in [1.807, 2.05) is 55.5 Å². The molecule has 3 rings (SSSR count). The molecule has 0 saturated heterocycles. The summed E-state index contributed by atoms with van der Waals surface area (Å²) < 4.78 is 27.3. The van der Waals surface area contributed by atoms with Crippen molar-refractivity contribution in [3.8, 4) is 17.2 Å². The van der Waals surface area contributed by atoms with E-state index in [-0.39, 0.29) is 11.8 Å². The largest absolute Gasteiger partial charge is 0.212 e. The normalized spacial score (nSPS) is 17.2. The molecule has 0 radical (unpaired) electrons. The van der Waals surface area contributed by atoms with Gasteiger partial charge < -0.3 is 0 Å². The van der Waals surface area contributed by atoms with Gasteiger partial charge in [-0.2, -0.15) is 5.26 Å². The minimum Gasteiger partial charge on any atom is -0.212 e. The number of allylic oxidation sites excluding steroid dienone is 1. The summed E-state index contributed by atoms with van der Waals surface area (Å²) >= 11 is 0. The van der Waals surface area contributed by atoms with Crippen molar-refractivity contribution in [3.63, 3.8) is 0 Å². The lowest BCUT2D eigenvalue weighted by Gasteiger charge is -2.25. The lowest BCUT2D eigenvalue weighted by Crippen LogP contribution is -2.38. The Labute approximate surface area is 161 Å². The van der Waals surface area contributed by atoms with Crippen LogP contribution in [-0.4, -0.2) is 20.2 Å². The molecule has 0 aliphatic heterocycles. The van der Waals surface area contributed by atoms with Crippen LogP contribution in [0.5, 0.6) is 0 Å². The van der Waals surface area contributed by atoms with E-state index >= 15 is 0 Å². The molecular weight excluding hydrogens is 356 g/mol. The zero-order valence-corrected chi connectivity index (χ0v) is 16.3. The smallest absolute Gasteiger partial charge is 0.212 e. The van der Waals surface area contributed by atoms with Crippen LogP contribution in [-0.2, 0) is 10.0 Å². The van der Waals surface area contributed by atoms with Gasteiger partial charge in [-0.1, -0.05) is 49.4 Å². The van der Waals surface area contributed by atoms with Crippen molar-refractivity contribution in [2.75, 3.05) is 5.75 Å². The highest BCUT2D eigenvalue weighted by Crippen LogP contribution is 2.30. The summed E-state index contributed by atoms with van der Waals surface area (Å²) in [5, 5.41) is 8.91. The van der Waals surface area contributed by atoms with Gasteiger partial charge in [0, 0.05) is 6.04 Å². The molecule has 1 aliphatic rings. The molecule has 2 aromatic rings. The summed E-state index contributed by atoms with van der Waals surface area (Å²) in [5.74, 6) is 0.161. The van der Waals surface area contributed by atoms with Crippen LogP contribution < -0.4 is 4.72 Å². The molecule has 1 N–H and O–H groups in total. The number of hydrogen-bond acceptors (Lipinski definition) is 3. The first-order valence-electron chi connectivity index (χ1n) is 9.33. The first kappa shape index (κ1) is 19.3. The van der Waals surface area contributed by atoms with Crippen molar-refractivity contribution >= 4 is 15.6 Å². The Kier molecular flexibility index (Phi) is 6.10. The highest BCUT2D eigenvalue weighted by molar-refractivity contribution is 7.89. The van der Waals surface area contributed by atoms with Crippen molar-refractivity contribution in [1.82, 2.24) is 4.72 Å². The summed E-state index contributed by atoms with van der Waals surface area (Å²) in [6, 6.07) is 17.7. The molecule has 27 heavy (non-hydrogen) atoms. The molecular formula is C22H24N2O2S. The SMILES string of the molecule is CCCS(=O)(=O)NC1CCCC=C1c1ccc(-c2ccc(C#N)cc2)cc1. The van der Waals surface area contributed by atoms with E-state index in [4.69, 9.17) is 5.26 Å². The van der Waals surface area contributed by atoms with Gasteiger partial charge in [-0.3, -0.25) is 0 Å². The fraction of sp³-hybridized carbons (Fsp3) is 0.318. The van der Waals surface area contributed by atoms with Crippen LogP contribution in [0, 0.1) is 11.3 Å². The molecule has 0 spiro atoms. The molecule has 0 amide bonds. The van der Waals surface area contributed by atoms with Crippen molar-refractivity contribution in [2.24, 2.45) is 0 Å². The third-order valence-electron chi connectivity index (χ3n) is 4.80. The Morgan fingerprint density at radius 2 is 1.63 bits per heavy atom. The van der Waals surface area contributed by atoms with Crippen LogP contribution in [0.2, 0.25) is 0 Å². The highest BCUT2D eigenvalue weighted by Gasteiger charge is 2.23. The maximum Gasteiger partial charge on any atom is 0.212 e. The van der Waals surface area contributed by atoms with Crippen LogP contribution in [0.25, 0.3) is 16.7 Å². The number of hydrogen-bond donors (Lipinski definition) is 1. The molecule has 1 aliphatic carbocycles. The Morgan fingerprint density at radius 3 is 2.22 bits per heavy atom. The fourth-order valence-corrected chi connectivity index (χ4v) is 4.79. The Balaban J connectivity index is 1.82. The molecule has 1 unspecified atom stereocenters. The maximum absolute atomic E-state index is 12.2.